The van der Waals surface area contributed by atoms with Crippen molar-refractivity contribution in [3.8, 4) is 11.5 Å². The lowest BCUT2D eigenvalue weighted by Crippen LogP contribution is -2.30. The highest BCUT2D eigenvalue weighted by atomic mass is 35.5. The molecule has 1 aromatic heterocycles. The van der Waals surface area contributed by atoms with Gasteiger partial charge in [-0.2, -0.15) is 0 Å². The number of ether oxygens (including phenoxy) is 2. The molecule has 0 fully saturated rings. The van der Waals surface area contributed by atoms with Crippen molar-refractivity contribution in [2.45, 2.75) is 20.0 Å². The van der Waals surface area contributed by atoms with Crippen LogP contribution in [-0.2, 0) is 4.79 Å². The maximum atomic E-state index is 12.4. The molecule has 0 saturated carbocycles. The lowest BCUT2D eigenvalue weighted by Gasteiger charge is -2.15. The Kier molecular flexibility index (Phi) is 5.11. The topological polar surface area (TPSA) is 60.5 Å². The second kappa shape index (κ2) is 7.29. The molecule has 3 aromatic rings. The zero-order chi connectivity index (χ0) is 18.0. The molecule has 0 aliphatic rings. The van der Waals surface area contributed by atoms with Crippen LogP contribution in [0.3, 0.4) is 0 Å². The van der Waals surface area contributed by atoms with E-state index in [0.29, 0.717) is 15.9 Å². The molecule has 0 spiro atoms. The summed E-state index contributed by atoms with van der Waals surface area (Å²) in [6, 6.07) is 10.9. The number of aryl methyl sites for hydroxylation is 1. The summed E-state index contributed by atoms with van der Waals surface area (Å²) >= 11 is 7.32. The van der Waals surface area contributed by atoms with Crippen molar-refractivity contribution < 1.29 is 14.3 Å². The Labute approximate surface area is 154 Å². The normalized spacial score (nSPS) is 12.0. The van der Waals surface area contributed by atoms with Crippen molar-refractivity contribution in [3.63, 3.8) is 0 Å². The van der Waals surface area contributed by atoms with Gasteiger partial charge in [-0.1, -0.05) is 22.9 Å². The van der Waals surface area contributed by atoms with Gasteiger partial charge in [0.15, 0.2) is 11.2 Å². The number of hydrogen-bond donors (Lipinski definition) is 1. The first kappa shape index (κ1) is 17.5. The number of fused-ring (bicyclic) bond motifs is 1. The molecule has 0 radical (unpaired) electrons. The van der Waals surface area contributed by atoms with E-state index in [1.807, 2.05) is 25.1 Å². The van der Waals surface area contributed by atoms with Gasteiger partial charge in [0, 0.05) is 5.02 Å². The molecule has 3 rings (SSSR count). The largest absolute Gasteiger partial charge is 0.497 e. The molecule has 0 bridgehead atoms. The van der Waals surface area contributed by atoms with E-state index in [2.05, 4.69) is 10.3 Å². The predicted octanol–water partition coefficient (Wildman–Crippen LogP) is 4.67. The summed E-state index contributed by atoms with van der Waals surface area (Å²) in [6.45, 7) is 3.58. The fourth-order valence-corrected chi connectivity index (χ4v) is 3.41. The molecular weight excluding hydrogens is 360 g/mol. The second-order valence-electron chi connectivity index (χ2n) is 5.51. The molecule has 1 N–H and O–H groups in total. The zero-order valence-electron chi connectivity index (χ0n) is 14.0. The smallest absolute Gasteiger partial charge is 0.266 e. The number of carbonyl (C=O) groups is 1. The predicted molar refractivity (Wildman–Crippen MR) is 101 cm³/mol. The molecule has 1 unspecified atom stereocenters. The van der Waals surface area contributed by atoms with Crippen LogP contribution < -0.4 is 14.8 Å². The van der Waals surface area contributed by atoms with Gasteiger partial charge in [0.1, 0.15) is 11.5 Å². The summed E-state index contributed by atoms with van der Waals surface area (Å²) in [5.74, 6) is 1.12. The number of carbonyl (C=O) groups excluding carboxylic acids is 1. The van der Waals surface area contributed by atoms with E-state index in [9.17, 15) is 4.79 Å². The first-order valence-corrected chi connectivity index (χ1v) is 8.84. The van der Waals surface area contributed by atoms with Crippen molar-refractivity contribution in [1.82, 2.24) is 4.98 Å². The molecule has 1 heterocycles. The van der Waals surface area contributed by atoms with Crippen LogP contribution in [0.15, 0.2) is 36.4 Å². The number of amides is 1. The van der Waals surface area contributed by atoms with Gasteiger partial charge < -0.3 is 9.47 Å². The van der Waals surface area contributed by atoms with Crippen molar-refractivity contribution >= 4 is 44.2 Å². The van der Waals surface area contributed by atoms with Crippen molar-refractivity contribution in [1.29, 1.82) is 0 Å². The minimum atomic E-state index is -0.665. The Hall–Kier alpha value is -2.31. The van der Waals surface area contributed by atoms with E-state index in [-0.39, 0.29) is 5.91 Å². The molecule has 0 aliphatic heterocycles. The Morgan fingerprint density at radius 3 is 2.80 bits per heavy atom. The minimum Gasteiger partial charge on any atom is -0.497 e. The van der Waals surface area contributed by atoms with Crippen LogP contribution >= 0.6 is 22.9 Å². The van der Waals surface area contributed by atoms with Crippen LogP contribution in [0.5, 0.6) is 11.5 Å². The van der Waals surface area contributed by atoms with Gasteiger partial charge in [-0.25, -0.2) is 4.98 Å². The van der Waals surface area contributed by atoms with Crippen molar-refractivity contribution in [2.75, 3.05) is 12.4 Å². The highest BCUT2D eigenvalue weighted by Crippen LogP contribution is 2.29. The molecule has 1 atom stereocenters. The third-order valence-electron chi connectivity index (χ3n) is 3.64. The van der Waals surface area contributed by atoms with E-state index in [4.69, 9.17) is 21.1 Å². The van der Waals surface area contributed by atoms with E-state index in [1.165, 1.54) is 11.3 Å². The molecule has 2 aromatic carbocycles. The summed E-state index contributed by atoms with van der Waals surface area (Å²) in [6.07, 6.45) is -0.665. The zero-order valence-corrected chi connectivity index (χ0v) is 15.6. The second-order valence-corrected chi connectivity index (χ2v) is 6.98. The number of nitrogens with zero attached hydrogens (tertiary/aromatic N) is 1. The van der Waals surface area contributed by atoms with Crippen molar-refractivity contribution in [2.24, 2.45) is 0 Å². The van der Waals surface area contributed by atoms with Crippen LogP contribution in [0.1, 0.15) is 12.5 Å². The summed E-state index contributed by atoms with van der Waals surface area (Å²) in [5, 5.41) is 3.95. The standard InChI is InChI=1S/C18H17ClN2O3S/c1-10-8-12(19)4-7-15(10)24-11(2)17(22)21-18-20-14-6-5-13(23-3)9-16(14)25-18/h4-9,11H,1-3H3,(H,20,21,22). The number of methoxy groups -OCH3 is 1. The average molecular weight is 377 g/mol. The number of thiazole rings is 1. The maximum absolute atomic E-state index is 12.4. The molecule has 1 amide bonds. The molecule has 5 nitrogen and oxygen atoms in total. The van der Waals surface area contributed by atoms with Crippen molar-refractivity contribution in [3.05, 3.63) is 47.0 Å². The number of benzene rings is 2. The number of nitrogens with one attached hydrogen (secondary N) is 1. The van der Waals surface area contributed by atoms with Crippen LogP contribution in [-0.4, -0.2) is 24.1 Å². The number of aromatic nitrogens is 1. The number of rotatable bonds is 5. The Balaban J connectivity index is 1.70. The van der Waals surface area contributed by atoms with E-state index in [1.54, 1.807) is 32.2 Å². The first-order chi connectivity index (χ1) is 12.0. The van der Waals surface area contributed by atoms with Gasteiger partial charge in [0.05, 0.1) is 17.3 Å². The van der Waals surface area contributed by atoms with Gasteiger partial charge in [-0.05, 0) is 55.8 Å². The summed E-state index contributed by atoms with van der Waals surface area (Å²) in [7, 11) is 1.61. The quantitative estimate of drug-likeness (QED) is 0.702. The molecular formula is C18H17ClN2O3S. The molecule has 0 aliphatic carbocycles. The van der Waals surface area contributed by atoms with Gasteiger partial charge in [0.25, 0.3) is 5.91 Å². The fraction of sp³-hybridized carbons (Fsp3) is 0.222. The van der Waals surface area contributed by atoms with Crippen LogP contribution in [0.4, 0.5) is 5.13 Å². The maximum Gasteiger partial charge on any atom is 0.266 e. The Morgan fingerprint density at radius 2 is 2.08 bits per heavy atom. The van der Waals surface area contributed by atoms with Crippen LogP contribution in [0.2, 0.25) is 5.02 Å². The van der Waals surface area contributed by atoms with E-state index >= 15 is 0 Å². The summed E-state index contributed by atoms with van der Waals surface area (Å²) in [4.78, 5) is 16.8. The molecule has 25 heavy (non-hydrogen) atoms. The third-order valence-corrected chi connectivity index (χ3v) is 4.80. The highest BCUT2D eigenvalue weighted by Gasteiger charge is 2.18. The Bertz CT molecular complexity index is 926. The van der Waals surface area contributed by atoms with E-state index < -0.39 is 6.10 Å². The van der Waals surface area contributed by atoms with E-state index in [0.717, 1.165) is 21.5 Å². The average Bonchev–Trinajstić information content (AvgIpc) is 2.98. The van der Waals surface area contributed by atoms with Gasteiger partial charge in [-0.15, -0.1) is 0 Å². The summed E-state index contributed by atoms with van der Waals surface area (Å²) in [5.41, 5.74) is 1.68. The monoisotopic (exact) mass is 376 g/mol. The van der Waals surface area contributed by atoms with Crippen LogP contribution in [0.25, 0.3) is 10.2 Å². The molecule has 130 valence electrons. The van der Waals surface area contributed by atoms with Gasteiger partial charge in [0.2, 0.25) is 0 Å². The first-order valence-electron chi connectivity index (χ1n) is 7.64. The Morgan fingerprint density at radius 1 is 1.28 bits per heavy atom. The highest BCUT2D eigenvalue weighted by molar-refractivity contribution is 7.22. The number of halogens is 1. The molecule has 0 saturated heterocycles. The molecule has 7 heteroatoms. The number of anilines is 1. The number of hydrogen-bond acceptors (Lipinski definition) is 5. The minimum absolute atomic E-state index is 0.264. The van der Waals surface area contributed by atoms with Crippen LogP contribution in [0, 0.1) is 6.92 Å². The third kappa shape index (κ3) is 4.03. The lowest BCUT2D eigenvalue weighted by molar-refractivity contribution is -0.122. The lowest BCUT2D eigenvalue weighted by atomic mass is 10.2. The summed E-state index contributed by atoms with van der Waals surface area (Å²) < 4.78 is 11.9. The van der Waals surface area contributed by atoms with Gasteiger partial charge >= 0.3 is 0 Å². The fourth-order valence-electron chi connectivity index (χ4n) is 2.28. The van der Waals surface area contributed by atoms with Gasteiger partial charge in [-0.3, -0.25) is 10.1 Å². The SMILES string of the molecule is COc1ccc2nc(NC(=O)C(C)Oc3ccc(Cl)cc3C)sc2c1.